The van der Waals surface area contributed by atoms with Gasteiger partial charge >= 0.3 is 12.2 Å². The van der Waals surface area contributed by atoms with E-state index in [-0.39, 0.29) is 12.4 Å². The summed E-state index contributed by atoms with van der Waals surface area (Å²) in [5.74, 6) is -0.433. The Labute approximate surface area is 165 Å². The number of anilines is 2. The van der Waals surface area contributed by atoms with E-state index in [1.807, 2.05) is 0 Å². The zero-order valence-electron chi connectivity index (χ0n) is 15.7. The SMILES string of the molecule is CC1(C)CN(c2ccc(C#N)c(C(F)(F)F)c2)CN1C(=O)Nc1ccc(F)cc1. The van der Waals surface area contributed by atoms with Gasteiger partial charge in [0.25, 0.3) is 0 Å². The first-order valence-corrected chi connectivity index (χ1v) is 8.72. The van der Waals surface area contributed by atoms with Gasteiger partial charge in [0, 0.05) is 17.9 Å². The van der Waals surface area contributed by atoms with E-state index in [1.54, 1.807) is 24.8 Å². The second kappa shape index (κ2) is 7.28. The Morgan fingerprint density at radius 2 is 1.83 bits per heavy atom. The predicted octanol–water partition coefficient (Wildman–Crippen LogP) is 4.81. The van der Waals surface area contributed by atoms with Crippen LogP contribution in [-0.4, -0.2) is 29.7 Å². The molecule has 0 spiro atoms. The first-order chi connectivity index (χ1) is 13.5. The van der Waals surface area contributed by atoms with Crippen LogP contribution >= 0.6 is 0 Å². The molecular weight excluding hydrogens is 388 g/mol. The van der Waals surface area contributed by atoms with Gasteiger partial charge in [0.15, 0.2) is 0 Å². The van der Waals surface area contributed by atoms with Crippen molar-refractivity contribution in [1.29, 1.82) is 5.26 Å². The minimum absolute atomic E-state index is 0.0588. The van der Waals surface area contributed by atoms with Gasteiger partial charge in [-0.3, -0.25) is 4.90 Å². The Bertz CT molecular complexity index is 964. The van der Waals surface area contributed by atoms with Crippen molar-refractivity contribution in [2.75, 3.05) is 23.4 Å². The van der Waals surface area contributed by atoms with Crippen LogP contribution in [0.25, 0.3) is 0 Å². The van der Waals surface area contributed by atoms with E-state index < -0.39 is 34.7 Å². The summed E-state index contributed by atoms with van der Waals surface area (Å²) in [5, 5.41) is 11.6. The molecule has 0 saturated carbocycles. The summed E-state index contributed by atoms with van der Waals surface area (Å²) < 4.78 is 52.8. The molecule has 1 heterocycles. The molecule has 2 aromatic carbocycles. The number of nitriles is 1. The van der Waals surface area contributed by atoms with E-state index in [1.165, 1.54) is 35.2 Å². The molecule has 0 unspecified atom stereocenters. The topological polar surface area (TPSA) is 59.4 Å². The fourth-order valence-electron chi connectivity index (χ4n) is 3.26. The molecule has 0 aromatic heterocycles. The van der Waals surface area contributed by atoms with Gasteiger partial charge < -0.3 is 10.2 Å². The molecule has 0 atom stereocenters. The third kappa shape index (κ3) is 4.26. The van der Waals surface area contributed by atoms with Crippen LogP contribution in [0.2, 0.25) is 0 Å². The first-order valence-electron chi connectivity index (χ1n) is 8.72. The van der Waals surface area contributed by atoms with Crippen LogP contribution in [0.5, 0.6) is 0 Å². The molecule has 29 heavy (non-hydrogen) atoms. The van der Waals surface area contributed by atoms with Crippen LogP contribution in [0.15, 0.2) is 42.5 Å². The second-order valence-corrected chi connectivity index (χ2v) is 7.36. The van der Waals surface area contributed by atoms with Gasteiger partial charge in [-0.25, -0.2) is 9.18 Å². The summed E-state index contributed by atoms with van der Waals surface area (Å²) in [7, 11) is 0. The number of nitrogens with one attached hydrogen (secondary N) is 1. The molecule has 0 aliphatic carbocycles. The van der Waals surface area contributed by atoms with Gasteiger partial charge in [-0.2, -0.15) is 18.4 Å². The maximum Gasteiger partial charge on any atom is 0.417 e. The van der Waals surface area contributed by atoms with Gasteiger partial charge in [-0.1, -0.05) is 0 Å². The lowest BCUT2D eigenvalue weighted by atomic mass is 10.0. The van der Waals surface area contributed by atoms with Gasteiger partial charge in [-0.05, 0) is 56.3 Å². The van der Waals surface area contributed by atoms with Crippen molar-refractivity contribution >= 4 is 17.4 Å². The maximum absolute atomic E-state index is 13.3. The second-order valence-electron chi connectivity index (χ2n) is 7.36. The standard InChI is InChI=1S/C20H18F4N4O/c1-19(2)11-27(16-8-3-13(10-25)17(9-16)20(22,23)24)12-28(19)18(29)26-15-6-4-14(21)5-7-15/h3-9H,11-12H2,1-2H3,(H,26,29). The first kappa shape index (κ1) is 20.5. The van der Waals surface area contributed by atoms with Crippen LogP contribution in [0.3, 0.4) is 0 Å². The fourth-order valence-corrected chi connectivity index (χ4v) is 3.26. The van der Waals surface area contributed by atoms with E-state index in [2.05, 4.69) is 5.32 Å². The Balaban J connectivity index is 1.83. The molecule has 1 N–H and O–H groups in total. The number of halogens is 4. The van der Waals surface area contributed by atoms with Crippen molar-refractivity contribution in [3.05, 3.63) is 59.4 Å². The molecule has 0 bridgehead atoms. The Morgan fingerprint density at radius 1 is 1.17 bits per heavy atom. The van der Waals surface area contributed by atoms with Crippen molar-refractivity contribution in [2.45, 2.75) is 25.6 Å². The highest BCUT2D eigenvalue weighted by molar-refractivity contribution is 5.90. The lowest BCUT2D eigenvalue weighted by Crippen LogP contribution is -2.46. The van der Waals surface area contributed by atoms with Gasteiger partial charge in [0.1, 0.15) is 5.82 Å². The van der Waals surface area contributed by atoms with E-state index >= 15 is 0 Å². The molecule has 152 valence electrons. The zero-order chi connectivity index (χ0) is 21.4. The smallest absolute Gasteiger partial charge is 0.351 e. The molecule has 2 aromatic rings. The van der Waals surface area contributed by atoms with Crippen molar-refractivity contribution < 1.29 is 22.4 Å². The maximum atomic E-state index is 13.3. The van der Waals surface area contributed by atoms with Crippen LogP contribution in [0.4, 0.5) is 33.7 Å². The monoisotopic (exact) mass is 406 g/mol. The fraction of sp³-hybridized carbons (Fsp3) is 0.300. The van der Waals surface area contributed by atoms with E-state index in [0.29, 0.717) is 12.2 Å². The highest BCUT2D eigenvalue weighted by Gasteiger charge is 2.41. The zero-order valence-corrected chi connectivity index (χ0v) is 15.7. The molecule has 1 aliphatic rings. The van der Waals surface area contributed by atoms with E-state index in [9.17, 15) is 22.4 Å². The number of amides is 2. The van der Waals surface area contributed by atoms with Crippen molar-refractivity contribution in [1.82, 2.24) is 4.90 Å². The lowest BCUT2D eigenvalue weighted by Gasteiger charge is -2.29. The number of carbonyl (C=O) groups excluding carboxylic acids is 1. The molecule has 2 amide bonds. The average molecular weight is 406 g/mol. The van der Waals surface area contributed by atoms with Gasteiger partial charge in [-0.15, -0.1) is 0 Å². The number of benzene rings is 2. The predicted molar refractivity (Wildman–Crippen MR) is 99.7 cm³/mol. The minimum Gasteiger partial charge on any atom is -0.351 e. The van der Waals surface area contributed by atoms with Crippen molar-refractivity contribution in [2.24, 2.45) is 0 Å². The van der Waals surface area contributed by atoms with Crippen LogP contribution in [-0.2, 0) is 6.18 Å². The summed E-state index contributed by atoms with van der Waals surface area (Å²) in [6, 6.07) is 9.87. The molecule has 1 fully saturated rings. The minimum atomic E-state index is -4.66. The quantitative estimate of drug-likeness (QED) is 0.729. The number of nitrogens with zero attached hydrogens (tertiary/aromatic N) is 3. The summed E-state index contributed by atoms with van der Waals surface area (Å²) in [6.07, 6.45) is -4.66. The average Bonchev–Trinajstić information content (AvgIpc) is 2.97. The van der Waals surface area contributed by atoms with E-state index in [0.717, 1.165) is 12.1 Å². The molecule has 9 heteroatoms. The van der Waals surface area contributed by atoms with Crippen LogP contribution in [0.1, 0.15) is 25.0 Å². The molecule has 0 radical (unpaired) electrons. The van der Waals surface area contributed by atoms with Crippen LogP contribution in [0, 0.1) is 17.1 Å². The summed E-state index contributed by atoms with van der Waals surface area (Å²) >= 11 is 0. The number of carbonyl (C=O) groups is 1. The highest BCUT2D eigenvalue weighted by atomic mass is 19.4. The Morgan fingerprint density at radius 3 is 2.41 bits per heavy atom. The number of hydrogen-bond acceptors (Lipinski definition) is 3. The number of rotatable bonds is 2. The molecule has 1 saturated heterocycles. The molecule has 1 aliphatic heterocycles. The summed E-state index contributed by atoms with van der Waals surface area (Å²) in [6.45, 7) is 3.95. The third-order valence-corrected chi connectivity index (χ3v) is 4.76. The molecule has 3 rings (SSSR count). The van der Waals surface area contributed by atoms with Crippen molar-refractivity contribution in [3.8, 4) is 6.07 Å². The highest BCUT2D eigenvalue weighted by Crippen LogP contribution is 2.36. The summed E-state index contributed by atoms with van der Waals surface area (Å²) in [5.41, 5.74) is -1.46. The Kier molecular flexibility index (Phi) is 5.13. The lowest BCUT2D eigenvalue weighted by molar-refractivity contribution is -0.137. The number of hydrogen-bond donors (Lipinski definition) is 1. The number of alkyl halides is 3. The van der Waals surface area contributed by atoms with Crippen molar-refractivity contribution in [3.63, 3.8) is 0 Å². The largest absolute Gasteiger partial charge is 0.417 e. The molecule has 5 nitrogen and oxygen atoms in total. The summed E-state index contributed by atoms with van der Waals surface area (Å²) in [4.78, 5) is 15.8. The Hall–Kier alpha value is -3.28. The van der Waals surface area contributed by atoms with Gasteiger partial charge in [0.2, 0.25) is 0 Å². The normalized spacial score (nSPS) is 15.9. The molecular formula is C20H18F4N4O. The third-order valence-electron chi connectivity index (χ3n) is 4.76. The number of urea groups is 1. The van der Waals surface area contributed by atoms with E-state index in [4.69, 9.17) is 5.26 Å². The van der Waals surface area contributed by atoms with Gasteiger partial charge in [0.05, 0.1) is 29.4 Å². The van der Waals surface area contributed by atoms with Crippen LogP contribution < -0.4 is 10.2 Å².